The second-order valence-corrected chi connectivity index (χ2v) is 5.63. The minimum atomic E-state index is -1.09. The Morgan fingerprint density at radius 1 is 1.47 bits per heavy atom. The molecule has 0 bridgehead atoms. The van der Waals surface area contributed by atoms with E-state index in [0.717, 1.165) is 0 Å². The SMILES string of the molecule is CC(C)(C)OC(=O)C(CO)NC(=O)C1CC(O)CN1. The number of aliphatic hydroxyl groups is 2. The number of esters is 1. The van der Waals surface area contributed by atoms with Gasteiger partial charge in [-0.05, 0) is 27.2 Å². The number of ether oxygens (including phenoxy) is 1. The highest BCUT2D eigenvalue weighted by Crippen LogP contribution is 2.10. The second-order valence-electron chi connectivity index (χ2n) is 5.63. The molecular formula is C12H22N2O5. The van der Waals surface area contributed by atoms with E-state index in [9.17, 15) is 14.7 Å². The first-order chi connectivity index (χ1) is 8.73. The Bertz CT molecular complexity index is 340. The molecule has 1 aliphatic rings. The molecule has 0 radical (unpaired) electrons. The van der Waals surface area contributed by atoms with Crippen LogP contribution in [0.4, 0.5) is 0 Å². The van der Waals surface area contributed by atoms with Gasteiger partial charge in [0.25, 0.3) is 0 Å². The number of hydrogen-bond donors (Lipinski definition) is 4. The van der Waals surface area contributed by atoms with Gasteiger partial charge in [0, 0.05) is 6.54 Å². The molecule has 0 aliphatic carbocycles. The van der Waals surface area contributed by atoms with Gasteiger partial charge in [-0.25, -0.2) is 4.79 Å². The van der Waals surface area contributed by atoms with Gasteiger partial charge in [-0.3, -0.25) is 4.79 Å². The molecule has 1 heterocycles. The van der Waals surface area contributed by atoms with Crippen molar-refractivity contribution in [1.82, 2.24) is 10.6 Å². The molecule has 3 atom stereocenters. The van der Waals surface area contributed by atoms with Gasteiger partial charge in [0.1, 0.15) is 5.60 Å². The minimum Gasteiger partial charge on any atom is -0.458 e. The molecular weight excluding hydrogens is 252 g/mol. The Balaban J connectivity index is 2.52. The number of hydrogen-bond acceptors (Lipinski definition) is 6. The van der Waals surface area contributed by atoms with Gasteiger partial charge in [-0.2, -0.15) is 0 Å². The quantitative estimate of drug-likeness (QED) is 0.466. The van der Waals surface area contributed by atoms with Gasteiger partial charge in [0.15, 0.2) is 6.04 Å². The highest BCUT2D eigenvalue weighted by atomic mass is 16.6. The van der Waals surface area contributed by atoms with Crippen molar-refractivity contribution in [3.8, 4) is 0 Å². The summed E-state index contributed by atoms with van der Waals surface area (Å²) >= 11 is 0. The van der Waals surface area contributed by atoms with Crippen LogP contribution in [-0.2, 0) is 14.3 Å². The number of β-amino-alcohol motifs (C(OH)–C–C–N with tert-alkyl or cyclic N) is 1. The number of aliphatic hydroxyl groups excluding tert-OH is 2. The number of amides is 1. The zero-order valence-electron chi connectivity index (χ0n) is 11.5. The van der Waals surface area contributed by atoms with Crippen LogP contribution in [0, 0.1) is 0 Å². The van der Waals surface area contributed by atoms with E-state index in [0.29, 0.717) is 6.54 Å². The lowest BCUT2D eigenvalue weighted by Gasteiger charge is -2.24. The molecule has 7 heteroatoms. The molecule has 0 aromatic rings. The maximum absolute atomic E-state index is 11.8. The van der Waals surface area contributed by atoms with E-state index in [-0.39, 0.29) is 6.42 Å². The lowest BCUT2D eigenvalue weighted by Crippen LogP contribution is -2.51. The molecule has 1 aliphatic heterocycles. The van der Waals surface area contributed by atoms with Crippen LogP contribution in [0.1, 0.15) is 27.2 Å². The molecule has 0 aromatic heterocycles. The predicted molar refractivity (Wildman–Crippen MR) is 67.3 cm³/mol. The average Bonchev–Trinajstić information content (AvgIpc) is 2.69. The maximum atomic E-state index is 11.8. The first-order valence-corrected chi connectivity index (χ1v) is 6.28. The van der Waals surface area contributed by atoms with Gasteiger partial charge in [-0.1, -0.05) is 0 Å². The van der Waals surface area contributed by atoms with E-state index in [1.54, 1.807) is 20.8 Å². The summed E-state index contributed by atoms with van der Waals surface area (Å²) in [4.78, 5) is 23.6. The van der Waals surface area contributed by atoms with Gasteiger partial charge in [0.05, 0.1) is 18.8 Å². The topological polar surface area (TPSA) is 108 Å². The molecule has 1 saturated heterocycles. The van der Waals surface area contributed by atoms with Crippen LogP contribution in [0.2, 0.25) is 0 Å². The fourth-order valence-corrected chi connectivity index (χ4v) is 1.74. The largest absolute Gasteiger partial charge is 0.458 e. The molecule has 7 nitrogen and oxygen atoms in total. The lowest BCUT2D eigenvalue weighted by atomic mass is 10.1. The van der Waals surface area contributed by atoms with E-state index in [4.69, 9.17) is 9.84 Å². The van der Waals surface area contributed by atoms with Crippen LogP contribution in [0.5, 0.6) is 0 Å². The fraction of sp³-hybridized carbons (Fsp3) is 0.833. The summed E-state index contributed by atoms with van der Waals surface area (Å²) in [6.45, 7) is 4.92. The van der Waals surface area contributed by atoms with E-state index >= 15 is 0 Å². The van der Waals surface area contributed by atoms with Crippen LogP contribution in [0.3, 0.4) is 0 Å². The molecule has 1 amide bonds. The second kappa shape index (κ2) is 6.31. The number of carbonyl (C=O) groups excluding carboxylic acids is 2. The highest BCUT2D eigenvalue weighted by molar-refractivity contribution is 5.88. The van der Waals surface area contributed by atoms with Gasteiger partial charge in [0.2, 0.25) is 5.91 Å². The summed E-state index contributed by atoms with van der Waals surface area (Å²) in [5, 5.41) is 23.7. The predicted octanol–water partition coefficient (Wildman–Crippen LogP) is -1.47. The summed E-state index contributed by atoms with van der Waals surface area (Å²) in [7, 11) is 0. The van der Waals surface area contributed by atoms with Crippen molar-refractivity contribution in [2.75, 3.05) is 13.2 Å². The Hall–Kier alpha value is -1.18. The van der Waals surface area contributed by atoms with E-state index in [1.165, 1.54) is 0 Å². The summed E-state index contributed by atoms with van der Waals surface area (Å²) < 4.78 is 5.09. The monoisotopic (exact) mass is 274 g/mol. The molecule has 19 heavy (non-hydrogen) atoms. The Morgan fingerprint density at radius 3 is 2.53 bits per heavy atom. The van der Waals surface area contributed by atoms with Crippen molar-refractivity contribution in [3.05, 3.63) is 0 Å². The van der Waals surface area contributed by atoms with Crippen molar-refractivity contribution >= 4 is 11.9 Å². The Morgan fingerprint density at radius 2 is 2.11 bits per heavy atom. The van der Waals surface area contributed by atoms with Crippen LogP contribution >= 0.6 is 0 Å². The standard InChI is InChI=1S/C12H22N2O5/c1-12(2,3)19-11(18)9(6-15)14-10(17)8-4-7(16)5-13-8/h7-9,13,15-16H,4-6H2,1-3H3,(H,14,17). The van der Waals surface area contributed by atoms with E-state index in [1.807, 2.05) is 0 Å². The van der Waals surface area contributed by atoms with Crippen molar-refractivity contribution in [1.29, 1.82) is 0 Å². The number of nitrogens with one attached hydrogen (secondary N) is 2. The lowest BCUT2D eigenvalue weighted by molar-refractivity contribution is -0.159. The molecule has 4 N–H and O–H groups in total. The normalized spacial score (nSPS) is 24.9. The van der Waals surface area contributed by atoms with Gasteiger partial charge >= 0.3 is 5.97 Å². The summed E-state index contributed by atoms with van der Waals surface area (Å²) in [5.41, 5.74) is -0.683. The number of rotatable bonds is 4. The smallest absolute Gasteiger partial charge is 0.331 e. The Kier molecular flexibility index (Phi) is 5.28. The third kappa shape index (κ3) is 5.14. The fourth-order valence-electron chi connectivity index (χ4n) is 1.74. The molecule has 0 aromatic carbocycles. The molecule has 110 valence electrons. The van der Waals surface area contributed by atoms with Crippen molar-refractivity contribution in [3.63, 3.8) is 0 Å². The minimum absolute atomic E-state index is 0.290. The Labute approximate surface area is 112 Å². The molecule has 0 spiro atoms. The van der Waals surface area contributed by atoms with E-state index < -0.39 is 42.3 Å². The van der Waals surface area contributed by atoms with E-state index in [2.05, 4.69) is 10.6 Å². The highest BCUT2D eigenvalue weighted by Gasteiger charge is 2.32. The third-order valence-electron chi connectivity index (χ3n) is 2.61. The third-order valence-corrected chi connectivity index (χ3v) is 2.61. The maximum Gasteiger partial charge on any atom is 0.331 e. The summed E-state index contributed by atoms with van der Waals surface area (Å²) in [5.74, 6) is -1.11. The zero-order valence-corrected chi connectivity index (χ0v) is 11.5. The molecule has 1 rings (SSSR count). The van der Waals surface area contributed by atoms with Gasteiger partial charge in [-0.15, -0.1) is 0 Å². The van der Waals surface area contributed by atoms with Crippen molar-refractivity contribution in [2.24, 2.45) is 0 Å². The van der Waals surface area contributed by atoms with Crippen molar-refractivity contribution < 1.29 is 24.5 Å². The van der Waals surface area contributed by atoms with Crippen LogP contribution in [0.25, 0.3) is 0 Å². The zero-order chi connectivity index (χ0) is 14.6. The number of carbonyl (C=O) groups is 2. The molecule has 3 unspecified atom stereocenters. The summed E-state index contributed by atoms with van der Waals surface area (Å²) in [6.07, 6.45) is -0.275. The van der Waals surface area contributed by atoms with Crippen molar-refractivity contribution in [2.45, 2.75) is 51.0 Å². The van der Waals surface area contributed by atoms with Gasteiger partial charge < -0.3 is 25.6 Å². The molecule has 1 fully saturated rings. The van der Waals surface area contributed by atoms with Crippen LogP contribution in [-0.4, -0.2) is 59.0 Å². The molecule has 0 saturated carbocycles. The first-order valence-electron chi connectivity index (χ1n) is 6.28. The summed E-state index contributed by atoms with van der Waals surface area (Å²) in [6, 6.07) is -1.64. The first kappa shape index (κ1) is 15.9. The average molecular weight is 274 g/mol. The van der Waals surface area contributed by atoms with Crippen LogP contribution < -0.4 is 10.6 Å². The van der Waals surface area contributed by atoms with Crippen LogP contribution in [0.15, 0.2) is 0 Å².